The molecule has 2 atom stereocenters. The number of carbonyl (C=O) groups excluding carboxylic acids is 1. The largest absolute Gasteiger partial charge is 0.348 e. The van der Waals surface area contributed by atoms with Crippen molar-refractivity contribution in [2.45, 2.75) is 32.1 Å². The molecule has 0 radical (unpaired) electrons. The maximum Gasteiger partial charge on any atom is 0.224 e. The van der Waals surface area contributed by atoms with Crippen molar-refractivity contribution in [3.05, 3.63) is 0 Å². The van der Waals surface area contributed by atoms with E-state index in [0.29, 0.717) is 6.42 Å². The number of rotatable bonds is 1. The van der Waals surface area contributed by atoms with Gasteiger partial charge in [0.1, 0.15) is 6.10 Å². The van der Waals surface area contributed by atoms with Crippen molar-refractivity contribution >= 4 is 5.91 Å². The second-order valence-corrected chi connectivity index (χ2v) is 2.92. The van der Waals surface area contributed by atoms with Crippen molar-refractivity contribution in [3.63, 3.8) is 0 Å². The van der Waals surface area contributed by atoms with E-state index in [2.05, 4.69) is 0 Å². The average Bonchev–Trinajstić information content (AvgIpc) is 2.42. The Labute approximate surface area is 60.0 Å². The van der Waals surface area contributed by atoms with Crippen LogP contribution in [0.5, 0.6) is 0 Å². The summed E-state index contributed by atoms with van der Waals surface area (Å²) in [4.78, 5) is 12.9. The van der Waals surface area contributed by atoms with Crippen LogP contribution in [0.4, 0.5) is 0 Å². The molecule has 0 aromatic heterocycles. The third-order valence-corrected chi connectivity index (χ3v) is 2.10. The molecule has 0 spiro atoms. The summed E-state index contributed by atoms with van der Waals surface area (Å²) < 4.78 is 5.18. The molecule has 2 fully saturated rings. The first-order chi connectivity index (χ1) is 4.79. The lowest BCUT2D eigenvalue weighted by Gasteiger charge is -2.10. The number of amides is 1. The molecule has 2 aliphatic heterocycles. The highest BCUT2D eigenvalue weighted by Gasteiger charge is 2.43. The van der Waals surface area contributed by atoms with Crippen LogP contribution in [-0.4, -0.2) is 29.7 Å². The molecule has 1 amide bonds. The number of hydrogen-bond donors (Lipinski definition) is 0. The zero-order valence-corrected chi connectivity index (χ0v) is 6.04. The number of ether oxygens (including phenoxy) is 1. The van der Waals surface area contributed by atoms with Crippen LogP contribution in [-0.2, 0) is 9.53 Å². The molecule has 2 rings (SSSR count). The van der Waals surface area contributed by atoms with Crippen molar-refractivity contribution in [1.29, 1.82) is 0 Å². The van der Waals surface area contributed by atoms with Crippen LogP contribution in [0.15, 0.2) is 0 Å². The van der Waals surface area contributed by atoms with Gasteiger partial charge >= 0.3 is 0 Å². The van der Waals surface area contributed by atoms with Gasteiger partial charge in [0, 0.05) is 13.0 Å². The Morgan fingerprint density at radius 2 is 2.40 bits per heavy atom. The number of carbonyl (C=O) groups is 1. The van der Waals surface area contributed by atoms with Gasteiger partial charge in [-0.2, -0.15) is 0 Å². The van der Waals surface area contributed by atoms with Gasteiger partial charge in [-0.1, -0.05) is 0 Å². The quantitative estimate of drug-likeness (QED) is 0.494. The molecule has 0 saturated carbocycles. The third-order valence-electron chi connectivity index (χ3n) is 2.10. The molecule has 2 heterocycles. The Kier molecular flexibility index (Phi) is 1.20. The Bertz CT molecular complexity index is 169. The fraction of sp³-hybridized carbons (Fsp3) is 0.857. The predicted molar refractivity (Wildman–Crippen MR) is 35.3 cm³/mol. The summed E-state index contributed by atoms with van der Waals surface area (Å²) in [6.07, 6.45) is 2.12. The Hall–Kier alpha value is -0.570. The molecule has 2 saturated heterocycles. The molecule has 2 aliphatic rings. The van der Waals surface area contributed by atoms with Crippen LogP contribution in [0, 0.1) is 0 Å². The molecule has 0 aromatic carbocycles. The molecule has 0 bridgehead atoms. The van der Waals surface area contributed by atoms with Gasteiger partial charge in [-0.15, -0.1) is 0 Å². The second kappa shape index (κ2) is 1.95. The van der Waals surface area contributed by atoms with Crippen molar-refractivity contribution < 1.29 is 9.53 Å². The fourth-order valence-electron chi connectivity index (χ4n) is 1.44. The minimum absolute atomic E-state index is 0.120. The highest BCUT2D eigenvalue weighted by Crippen LogP contribution is 2.28. The average molecular weight is 141 g/mol. The summed E-state index contributed by atoms with van der Waals surface area (Å²) in [5.74, 6) is 0.259. The van der Waals surface area contributed by atoms with Crippen LogP contribution < -0.4 is 0 Å². The van der Waals surface area contributed by atoms with Crippen LogP contribution in [0.25, 0.3) is 0 Å². The molecular weight excluding hydrogens is 130 g/mol. The number of likely N-dealkylation sites (tertiary alicyclic amines) is 1. The monoisotopic (exact) mass is 141 g/mol. The highest BCUT2D eigenvalue weighted by molar-refractivity contribution is 5.78. The van der Waals surface area contributed by atoms with Gasteiger partial charge in [-0.05, 0) is 13.3 Å². The summed E-state index contributed by atoms with van der Waals surface area (Å²) in [5.41, 5.74) is 0. The number of nitrogens with zero attached hydrogens (tertiary/aromatic N) is 1. The Morgan fingerprint density at radius 1 is 1.70 bits per heavy atom. The molecule has 3 heteroatoms. The number of epoxide rings is 1. The molecule has 56 valence electrons. The topological polar surface area (TPSA) is 32.8 Å². The summed E-state index contributed by atoms with van der Waals surface area (Å²) in [5, 5.41) is 0. The van der Waals surface area contributed by atoms with Crippen LogP contribution in [0.1, 0.15) is 19.8 Å². The van der Waals surface area contributed by atoms with E-state index in [-0.39, 0.29) is 18.2 Å². The minimum atomic E-state index is 0.120. The number of hydrogen-bond acceptors (Lipinski definition) is 2. The van der Waals surface area contributed by atoms with E-state index in [0.717, 1.165) is 13.0 Å². The molecule has 3 nitrogen and oxygen atoms in total. The van der Waals surface area contributed by atoms with Gasteiger partial charge in [0.2, 0.25) is 5.91 Å². The van der Waals surface area contributed by atoms with Crippen molar-refractivity contribution in [2.75, 3.05) is 6.54 Å². The lowest BCUT2D eigenvalue weighted by Crippen LogP contribution is -2.28. The summed E-state index contributed by atoms with van der Waals surface area (Å²) in [7, 11) is 0. The molecule has 0 aromatic rings. The van der Waals surface area contributed by atoms with E-state index < -0.39 is 0 Å². The normalized spacial score (nSPS) is 38.9. The lowest BCUT2D eigenvalue weighted by molar-refractivity contribution is -0.129. The Morgan fingerprint density at radius 3 is 2.80 bits per heavy atom. The summed E-state index contributed by atoms with van der Waals surface area (Å²) in [6, 6.07) is 0. The van der Waals surface area contributed by atoms with Gasteiger partial charge in [0.25, 0.3) is 0 Å². The van der Waals surface area contributed by atoms with Gasteiger partial charge in [0.05, 0.1) is 0 Å². The van der Waals surface area contributed by atoms with E-state index >= 15 is 0 Å². The van der Waals surface area contributed by atoms with Gasteiger partial charge in [0.15, 0.2) is 6.23 Å². The molecule has 0 N–H and O–H groups in total. The maximum atomic E-state index is 11.0. The van der Waals surface area contributed by atoms with Crippen LogP contribution >= 0.6 is 0 Å². The van der Waals surface area contributed by atoms with Gasteiger partial charge in [-0.3, -0.25) is 4.79 Å². The first-order valence-corrected chi connectivity index (χ1v) is 3.74. The van der Waals surface area contributed by atoms with Crippen molar-refractivity contribution in [1.82, 2.24) is 4.90 Å². The van der Waals surface area contributed by atoms with E-state index in [4.69, 9.17) is 4.74 Å². The molecular formula is C7H11NO2. The zero-order chi connectivity index (χ0) is 7.14. The van der Waals surface area contributed by atoms with E-state index in [1.807, 2.05) is 11.8 Å². The SMILES string of the molecule is CC1OC1N1CCCC1=O. The predicted octanol–water partition coefficient (Wildman–Crippen LogP) is 0.354. The van der Waals surface area contributed by atoms with Crippen LogP contribution in [0.2, 0.25) is 0 Å². The van der Waals surface area contributed by atoms with Crippen molar-refractivity contribution in [2.24, 2.45) is 0 Å². The smallest absolute Gasteiger partial charge is 0.224 e. The molecule has 0 aliphatic carbocycles. The first-order valence-electron chi connectivity index (χ1n) is 3.74. The van der Waals surface area contributed by atoms with E-state index in [1.165, 1.54) is 0 Å². The third kappa shape index (κ3) is 0.814. The zero-order valence-electron chi connectivity index (χ0n) is 6.04. The van der Waals surface area contributed by atoms with Gasteiger partial charge < -0.3 is 9.64 Å². The highest BCUT2D eigenvalue weighted by atomic mass is 16.6. The van der Waals surface area contributed by atoms with Gasteiger partial charge in [-0.25, -0.2) is 0 Å². The summed E-state index contributed by atoms with van der Waals surface area (Å²) in [6.45, 7) is 2.89. The fourth-order valence-corrected chi connectivity index (χ4v) is 1.44. The molecule has 2 unspecified atom stereocenters. The minimum Gasteiger partial charge on any atom is -0.348 e. The standard InChI is InChI=1S/C7H11NO2/c1-5-7(10-5)8-4-2-3-6(8)9/h5,7H,2-4H2,1H3. The van der Waals surface area contributed by atoms with E-state index in [9.17, 15) is 4.79 Å². The maximum absolute atomic E-state index is 11.0. The van der Waals surface area contributed by atoms with Crippen molar-refractivity contribution in [3.8, 4) is 0 Å². The second-order valence-electron chi connectivity index (χ2n) is 2.92. The van der Waals surface area contributed by atoms with Crippen LogP contribution in [0.3, 0.4) is 0 Å². The van der Waals surface area contributed by atoms with E-state index in [1.54, 1.807) is 0 Å². The first kappa shape index (κ1) is 6.16. The Balaban J connectivity index is 1.98. The molecule has 10 heavy (non-hydrogen) atoms. The summed E-state index contributed by atoms with van der Waals surface area (Å²) >= 11 is 0. The lowest BCUT2D eigenvalue weighted by atomic mass is 10.4.